The molecule has 0 aliphatic rings. The van der Waals surface area contributed by atoms with Crippen LogP contribution in [0, 0.1) is 5.82 Å². The molecule has 0 fully saturated rings. The van der Waals surface area contributed by atoms with Crippen LogP contribution in [0.1, 0.15) is 16.1 Å². The van der Waals surface area contributed by atoms with Crippen molar-refractivity contribution in [2.45, 2.75) is 6.54 Å². The fraction of sp³-hybridized carbons (Fsp3) is 0.143. The molecule has 1 aromatic carbocycles. The minimum atomic E-state index is -0.504. The van der Waals surface area contributed by atoms with E-state index in [4.69, 9.17) is 23.2 Å². The van der Waals surface area contributed by atoms with Crippen LogP contribution in [-0.2, 0) is 11.3 Å². The topological polar surface area (TPSA) is 51.2 Å². The number of benzene rings is 1. The summed E-state index contributed by atoms with van der Waals surface area (Å²) >= 11 is 11.8. The molecule has 0 aliphatic carbocycles. The summed E-state index contributed by atoms with van der Waals surface area (Å²) < 4.78 is 17.7. The highest BCUT2D eigenvalue weighted by molar-refractivity contribution is 6.39. The van der Waals surface area contributed by atoms with Crippen molar-refractivity contribution in [3.8, 4) is 0 Å². The predicted octanol–water partition coefficient (Wildman–Crippen LogP) is 3.93. The smallest absolute Gasteiger partial charge is 0.339 e. The Hall–Kier alpha value is -1.85. The number of anilines is 1. The van der Waals surface area contributed by atoms with Gasteiger partial charge in [-0.2, -0.15) is 0 Å². The van der Waals surface area contributed by atoms with Crippen molar-refractivity contribution in [2.24, 2.45) is 0 Å². The largest absolute Gasteiger partial charge is 0.465 e. The number of carbonyl (C=O) groups excluding carboxylic acids is 1. The molecule has 21 heavy (non-hydrogen) atoms. The molecule has 7 heteroatoms. The van der Waals surface area contributed by atoms with Gasteiger partial charge < -0.3 is 10.1 Å². The van der Waals surface area contributed by atoms with E-state index < -0.39 is 11.8 Å². The molecule has 1 aromatic heterocycles. The van der Waals surface area contributed by atoms with Gasteiger partial charge in [-0.3, -0.25) is 4.98 Å². The third kappa shape index (κ3) is 3.83. The molecule has 0 saturated carbocycles. The lowest BCUT2D eigenvalue weighted by Crippen LogP contribution is -2.06. The average molecular weight is 329 g/mol. The lowest BCUT2D eigenvalue weighted by atomic mass is 10.2. The van der Waals surface area contributed by atoms with Crippen LogP contribution in [0.15, 0.2) is 30.5 Å². The zero-order valence-corrected chi connectivity index (χ0v) is 12.5. The molecule has 0 radical (unpaired) electrons. The first-order chi connectivity index (χ1) is 10.0. The normalized spacial score (nSPS) is 10.3. The SMILES string of the molecule is COC(=O)c1ccc(CNc2c(Cl)cc(F)cc2Cl)nc1. The van der Waals surface area contributed by atoms with Crippen molar-refractivity contribution in [1.82, 2.24) is 4.98 Å². The Kier molecular flexibility index (Phi) is 4.98. The fourth-order valence-corrected chi connectivity index (χ4v) is 2.25. The maximum Gasteiger partial charge on any atom is 0.339 e. The van der Waals surface area contributed by atoms with Gasteiger partial charge in [0.1, 0.15) is 5.82 Å². The van der Waals surface area contributed by atoms with Crippen molar-refractivity contribution >= 4 is 34.9 Å². The van der Waals surface area contributed by atoms with Crippen molar-refractivity contribution < 1.29 is 13.9 Å². The number of pyridine rings is 1. The van der Waals surface area contributed by atoms with E-state index in [1.54, 1.807) is 12.1 Å². The number of esters is 1. The summed E-state index contributed by atoms with van der Waals surface area (Å²) in [6, 6.07) is 5.61. The zero-order chi connectivity index (χ0) is 15.4. The molecule has 0 bridgehead atoms. The van der Waals surface area contributed by atoms with Gasteiger partial charge in [0.2, 0.25) is 0 Å². The van der Waals surface area contributed by atoms with Crippen molar-refractivity contribution in [1.29, 1.82) is 0 Å². The zero-order valence-electron chi connectivity index (χ0n) is 11.0. The average Bonchev–Trinajstić information content (AvgIpc) is 2.46. The molecule has 0 amide bonds. The Labute approximate surface area is 130 Å². The van der Waals surface area contributed by atoms with E-state index in [9.17, 15) is 9.18 Å². The van der Waals surface area contributed by atoms with E-state index in [1.165, 1.54) is 25.4 Å². The van der Waals surface area contributed by atoms with E-state index in [2.05, 4.69) is 15.0 Å². The molecule has 2 aromatic rings. The van der Waals surface area contributed by atoms with E-state index in [-0.39, 0.29) is 10.0 Å². The van der Waals surface area contributed by atoms with Crippen LogP contribution in [0.5, 0.6) is 0 Å². The maximum absolute atomic E-state index is 13.1. The molecular weight excluding hydrogens is 318 g/mol. The molecule has 0 atom stereocenters. The number of hydrogen-bond acceptors (Lipinski definition) is 4. The maximum atomic E-state index is 13.1. The molecule has 0 aliphatic heterocycles. The van der Waals surface area contributed by atoms with E-state index >= 15 is 0 Å². The summed E-state index contributed by atoms with van der Waals surface area (Å²) in [7, 11) is 1.30. The number of aromatic nitrogens is 1. The van der Waals surface area contributed by atoms with Gasteiger partial charge in [-0.05, 0) is 24.3 Å². The predicted molar refractivity (Wildman–Crippen MR) is 79.3 cm³/mol. The van der Waals surface area contributed by atoms with Gasteiger partial charge in [-0.25, -0.2) is 9.18 Å². The van der Waals surface area contributed by atoms with Crippen LogP contribution in [-0.4, -0.2) is 18.1 Å². The molecule has 110 valence electrons. The quantitative estimate of drug-likeness (QED) is 0.864. The molecule has 0 saturated heterocycles. The summed E-state index contributed by atoms with van der Waals surface area (Å²) in [6.45, 7) is 0.326. The van der Waals surface area contributed by atoms with Crippen molar-refractivity contribution in [2.75, 3.05) is 12.4 Å². The van der Waals surface area contributed by atoms with Crippen molar-refractivity contribution in [3.05, 3.63) is 57.6 Å². The lowest BCUT2D eigenvalue weighted by Gasteiger charge is -2.10. The molecule has 2 rings (SSSR count). The second-order valence-electron chi connectivity index (χ2n) is 4.13. The standard InChI is InChI=1S/C14H11Cl2FN2O2/c1-21-14(20)8-2-3-10(18-6-8)7-19-13-11(15)4-9(17)5-12(13)16/h2-6,19H,7H2,1H3. The third-order valence-corrected chi connectivity index (χ3v) is 3.30. The Bertz CT molecular complexity index is 640. The van der Waals surface area contributed by atoms with E-state index in [0.717, 1.165) is 0 Å². The number of carbonyl (C=O) groups is 1. The number of nitrogens with one attached hydrogen (secondary N) is 1. The van der Waals surface area contributed by atoms with Crippen molar-refractivity contribution in [3.63, 3.8) is 0 Å². The number of methoxy groups -OCH3 is 1. The Morgan fingerprint density at radius 3 is 2.52 bits per heavy atom. The second-order valence-corrected chi connectivity index (χ2v) is 4.94. The Morgan fingerprint density at radius 1 is 1.33 bits per heavy atom. The van der Waals surface area contributed by atoms with Gasteiger partial charge in [0.05, 0.1) is 40.6 Å². The summed E-state index contributed by atoms with van der Waals surface area (Å²) in [5, 5.41) is 3.35. The molecule has 4 nitrogen and oxygen atoms in total. The molecule has 0 spiro atoms. The van der Waals surface area contributed by atoms with Crippen LogP contribution >= 0.6 is 23.2 Å². The number of rotatable bonds is 4. The van der Waals surface area contributed by atoms with Gasteiger partial charge in [-0.15, -0.1) is 0 Å². The fourth-order valence-electron chi connectivity index (χ4n) is 1.66. The molecule has 0 unspecified atom stereocenters. The van der Waals surface area contributed by atoms with Crippen LogP contribution in [0.25, 0.3) is 0 Å². The van der Waals surface area contributed by atoms with Crippen LogP contribution in [0.4, 0.5) is 10.1 Å². The van der Waals surface area contributed by atoms with Gasteiger partial charge >= 0.3 is 5.97 Å². The first-order valence-electron chi connectivity index (χ1n) is 5.93. The van der Waals surface area contributed by atoms with E-state index in [0.29, 0.717) is 23.5 Å². The third-order valence-electron chi connectivity index (χ3n) is 2.70. The number of halogens is 3. The molecule has 1 N–H and O–H groups in total. The van der Waals surface area contributed by atoms with Gasteiger partial charge in [0, 0.05) is 6.20 Å². The Morgan fingerprint density at radius 2 is 2.00 bits per heavy atom. The molecular formula is C14H11Cl2FN2O2. The van der Waals surface area contributed by atoms with Gasteiger partial charge in [-0.1, -0.05) is 23.2 Å². The summed E-state index contributed by atoms with van der Waals surface area (Å²) in [6.07, 6.45) is 1.41. The monoisotopic (exact) mass is 328 g/mol. The number of nitrogens with zero attached hydrogens (tertiary/aromatic N) is 1. The van der Waals surface area contributed by atoms with Gasteiger partial charge in [0.15, 0.2) is 0 Å². The highest BCUT2D eigenvalue weighted by Crippen LogP contribution is 2.31. The Balaban J connectivity index is 2.08. The van der Waals surface area contributed by atoms with Crippen LogP contribution in [0.3, 0.4) is 0 Å². The summed E-state index contributed by atoms with van der Waals surface area (Å²) in [5.74, 6) is -0.956. The van der Waals surface area contributed by atoms with Crippen LogP contribution < -0.4 is 5.32 Å². The first-order valence-corrected chi connectivity index (χ1v) is 6.68. The highest BCUT2D eigenvalue weighted by Gasteiger charge is 2.09. The highest BCUT2D eigenvalue weighted by atomic mass is 35.5. The number of hydrogen-bond donors (Lipinski definition) is 1. The minimum absolute atomic E-state index is 0.186. The van der Waals surface area contributed by atoms with Gasteiger partial charge in [0.25, 0.3) is 0 Å². The second kappa shape index (κ2) is 6.74. The minimum Gasteiger partial charge on any atom is -0.465 e. The summed E-state index contributed by atoms with van der Waals surface area (Å²) in [4.78, 5) is 15.4. The number of ether oxygens (including phenoxy) is 1. The molecule has 1 heterocycles. The summed E-state index contributed by atoms with van der Waals surface area (Å²) in [5.41, 5.74) is 1.46. The van der Waals surface area contributed by atoms with Crippen LogP contribution in [0.2, 0.25) is 10.0 Å². The first kappa shape index (κ1) is 15.5. The van der Waals surface area contributed by atoms with E-state index in [1.807, 2.05) is 0 Å². The lowest BCUT2D eigenvalue weighted by molar-refractivity contribution is 0.0600.